The first-order chi connectivity index (χ1) is 8.17. The smallest absolute Gasteiger partial charge is 0.236 e. The molecule has 1 fully saturated rings. The van der Waals surface area contributed by atoms with Crippen LogP contribution in [0.4, 0.5) is 0 Å². The average Bonchev–Trinajstić information content (AvgIpc) is 2.36. The van der Waals surface area contributed by atoms with Gasteiger partial charge in [-0.15, -0.1) is 0 Å². The van der Waals surface area contributed by atoms with E-state index in [9.17, 15) is 4.79 Å². The molecule has 1 atom stereocenters. The van der Waals surface area contributed by atoms with E-state index in [0.29, 0.717) is 12.5 Å². The van der Waals surface area contributed by atoms with Gasteiger partial charge >= 0.3 is 0 Å². The van der Waals surface area contributed by atoms with Crippen LogP contribution in [0.2, 0.25) is 0 Å². The molecule has 0 bridgehead atoms. The van der Waals surface area contributed by atoms with Crippen molar-refractivity contribution in [3.8, 4) is 0 Å². The van der Waals surface area contributed by atoms with E-state index in [-0.39, 0.29) is 12.5 Å². The number of nitrogens with zero attached hydrogens (tertiary/aromatic N) is 2. The van der Waals surface area contributed by atoms with Crippen molar-refractivity contribution < 1.29 is 9.90 Å². The number of hydrogen-bond donors (Lipinski definition) is 1. The lowest BCUT2D eigenvalue weighted by Crippen LogP contribution is -2.44. The van der Waals surface area contributed by atoms with Gasteiger partial charge in [0.05, 0.1) is 6.54 Å². The molecular weight excluding hydrogens is 216 g/mol. The SMILES string of the molecule is CCCCN(C)C(=O)CN1CCCC(CO)C1. The summed E-state index contributed by atoms with van der Waals surface area (Å²) >= 11 is 0. The van der Waals surface area contributed by atoms with Gasteiger partial charge in [-0.3, -0.25) is 9.69 Å². The standard InChI is InChI=1S/C13H26N2O2/c1-3-4-7-14(2)13(17)10-15-8-5-6-12(9-15)11-16/h12,16H,3-11H2,1-2H3. The molecule has 0 aromatic rings. The first-order valence-corrected chi connectivity index (χ1v) is 6.74. The highest BCUT2D eigenvalue weighted by Gasteiger charge is 2.21. The summed E-state index contributed by atoms with van der Waals surface area (Å²) in [6, 6.07) is 0. The van der Waals surface area contributed by atoms with E-state index in [0.717, 1.165) is 45.3 Å². The number of likely N-dealkylation sites (tertiary alicyclic amines) is 1. The molecule has 1 aliphatic rings. The lowest BCUT2D eigenvalue weighted by Gasteiger charge is -2.32. The highest BCUT2D eigenvalue weighted by Crippen LogP contribution is 2.15. The molecule has 4 heteroatoms. The largest absolute Gasteiger partial charge is 0.396 e. The van der Waals surface area contributed by atoms with Crippen LogP contribution in [0.15, 0.2) is 0 Å². The number of carbonyl (C=O) groups excluding carboxylic acids is 1. The highest BCUT2D eigenvalue weighted by molar-refractivity contribution is 5.77. The molecule has 0 aromatic heterocycles. The minimum atomic E-state index is 0.206. The van der Waals surface area contributed by atoms with Crippen molar-refractivity contribution in [2.45, 2.75) is 32.6 Å². The van der Waals surface area contributed by atoms with E-state index in [1.54, 1.807) is 0 Å². The number of piperidine rings is 1. The topological polar surface area (TPSA) is 43.8 Å². The molecule has 0 aliphatic carbocycles. The van der Waals surface area contributed by atoms with Gasteiger partial charge in [0, 0.05) is 26.7 Å². The Bertz CT molecular complexity index is 233. The predicted octanol–water partition coefficient (Wildman–Crippen LogP) is 0.949. The van der Waals surface area contributed by atoms with Crippen LogP contribution in [0.3, 0.4) is 0 Å². The third-order valence-electron chi connectivity index (χ3n) is 3.49. The normalized spacial score (nSPS) is 21.5. The number of aliphatic hydroxyl groups excluding tert-OH is 1. The second-order valence-corrected chi connectivity index (χ2v) is 5.09. The molecule has 1 N–H and O–H groups in total. The van der Waals surface area contributed by atoms with Crippen LogP contribution in [-0.2, 0) is 4.79 Å². The fraction of sp³-hybridized carbons (Fsp3) is 0.923. The third-order valence-corrected chi connectivity index (χ3v) is 3.49. The maximum Gasteiger partial charge on any atom is 0.236 e. The first kappa shape index (κ1) is 14.5. The molecule has 17 heavy (non-hydrogen) atoms. The maximum atomic E-state index is 11.9. The van der Waals surface area contributed by atoms with Crippen molar-refractivity contribution in [1.29, 1.82) is 0 Å². The Morgan fingerprint density at radius 1 is 1.53 bits per heavy atom. The van der Waals surface area contributed by atoms with Gasteiger partial charge in [0.1, 0.15) is 0 Å². The second kappa shape index (κ2) is 7.67. The average molecular weight is 242 g/mol. The number of likely N-dealkylation sites (N-methyl/N-ethyl adjacent to an activating group) is 1. The van der Waals surface area contributed by atoms with Crippen molar-refractivity contribution in [2.24, 2.45) is 5.92 Å². The van der Waals surface area contributed by atoms with E-state index in [1.807, 2.05) is 11.9 Å². The van der Waals surface area contributed by atoms with E-state index < -0.39 is 0 Å². The van der Waals surface area contributed by atoms with Gasteiger partial charge in [0.2, 0.25) is 5.91 Å². The number of carbonyl (C=O) groups is 1. The van der Waals surface area contributed by atoms with Crippen molar-refractivity contribution in [1.82, 2.24) is 9.80 Å². The van der Waals surface area contributed by atoms with Gasteiger partial charge in [-0.2, -0.15) is 0 Å². The lowest BCUT2D eigenvalue weighted by molar-refractivity contribution is -0.131. The summed E-state index contributed by atoms with van der Waals surface area (Å²) < 4.78 is 0. The van der Waals surface area contributed by atoms with Crippen LogP contribution in [-0.4, -0.2) is 60.6 Å². The molecule has 1 saturated heterocycles. The summed E-state index contributed by atoms with van der Waals surface area (Å²) in [6.45, 7) is 5.60. The Labute approximate surface area is 105 Å². The fourth-order valence-electron chi connectivity index (χ4n) is 2.28. The van der Waals surface area contributed by atoms with Crippen molar-refractivity contribution in [2.75, 3.05) is 39.8 Å². The van der Waals surface area contributed by atoms with Crippen molar-refractivity contribution in [3.63, 3.8) is 0 Å². The molecule has 1 heterocycles. The Morgan fingerprint density at radius 3 is 2.94 bits per heavy atom. The summed E-state index contributed by atoms with van der Waals surface area (Å²) in [5, 5.41) is 9.15. The minimum absolute atomic E-state index is 0.206. The predicted molar refractivity (Wildman–Crippen MR) is 68.8 cm³/mol. The molecule has 100 valence electrons. The number of amides is 1. The first-order valence-electron chi connectivity index (χ1n) is 6.74. The summed E-state index contributed by atoms with van der Waals surface area (Å²) in [7, 11) is 1.88. The van der Waals surface area contributed by atoms with E-state index in [2.05, 4.69) is 11.8 Å². The molecular formula is C13H26N2O2. The number of unbranched alkanes of at least 4 members (excludes halogenated alkanes) is 1. The Kier molecular flexibility index (Phi) is 6.52. The monoisotopic (exact) mass is 242 g/mol. The quantitative estimate of drug-likeness (QED) is 0.754. The van der Waals surface area contributed by atoms with Gasteiger partial charge in [-0.1, -0.05) is 13.3 Å². The summed E-state index contributed by atoms with van der Waals surface area (Å²) in [4.78, 5) is 15.9. The van der Waals surface area contributed by atoms with Gasteiger partial charge in [-0.25, -0.2) is 0 Å². The Morgan fingerprint density at radius 2 is 2.29 bits per heavy atom. The Balaban J connectivity index is 2.29. The third kappa shape index (κ3) is 5.04. The molecule has 1 unspecified atom stereocenters. The molecule has 0 saturated carbocycles. The van der Waals surface area contributed by atoms with Crippen LogP contribution in [0.5, 0.6) is 0 Å². The van der Waals surface area contributed by atoms with Crippen LogP contribution in [0.1, 0.15) is 32.6 Å². The van der Waals surface area contributed by atoms with Gasteiger partial charge < -0.3 is 10.0 Å². The highest BCUT2D eigenvalue weighted by atomic mass is 16.3. The van der Waals surface area contributed by atoms with Crippen LogP contribution >= 0.6 is 0 Å². The minimum Gasteiger partial charge on any atom is -0.396 e. The van der Waals surface area contributed by atoms with E-state index in [4.69, 9.17) is 5.11 Å². The zero-order valence-corrected chi connectivity index (χ0v) is 11.2. The van der Waals surface area contributed by atoms with Crippen molar-refractivity contribution >= 4 is 5.91 Å². The van der Waals surface area contributed by atoms with E-state index >= 15 is 0 Å². The fourth-order valence-corrected chi connectivity index (χ4v) is 2.28. The lowest BCUT2D eigenvalue weighted by atomic mass is 9.99. The van der Waals surface area contributed by atoms with Crippen LogP contribution in [0, 0.1) is 5.92 Å². The summed E-state index contributed by atoms with van der Waals surface area (Å²) in [5.74, 6) is 0.564. The van der Waals surface area contributed by atoms with Gasteiger partial charge in [0.15, 0.2) is 0 Å². The van der Waals surface area contributed by atoms with Gasteiger partial charge in [-0.05, 0) is 31.7 Å². The van der Waals surface area contributed by atoms with Crippen molar-refractivity contribution in [3.05, 3.63) is 0 Å². The number of aliphatic hydroxyl groups is 1. The summed E-state index contributed by atoms with van der Waals surface area (Å²) in [5.41, 5.74) is 0. The van der Waals surface area contributed by atoms with Crippen LogP contribution < -0.4 is 0 Å². The zero-order chi connectivity index (χ0) is 12.7. The Hall–Kier alpha value is -0.610. The number of hydrogen-bond acceptors (Lipinski definition) is 3. The molecule has 0 aromatic carbocycles. The maximum absolute atomic E-state index is 11.9. The molecule has 1 amide bonds. The molecule has 1 aliphatic heterocycles. The van der Waals surface area contributed by atoms with E-state index in [1.165, 1.54) is 0 Å². The van der Waals surface area contributed by atoms with Gasteiger partial charge in [0.25, 0.3) is 0 Å². The molecule has 4 nitrogen and oxygen atoms in total. The van der Waals surface area contributed by atoms with Crippen LogP contribution in [0.25, 0.3) is 0 Å². The number of rotatable bonds is 6. The molecule has 1 rings (SSSR count). The summed E-state index contributed by atoms with van der Waals surface area (Å²) in [6.07, 6.45) is 4.37. The zero-order valence-electron chi connectivity index (χ0n) is 11.2. The molecule has 0 radical (unpaired) electrons. The second-order valence-electron chi connectivity index (χ2n) is 5.09. The molecule has 0 spiro atoms.